The summed E-state index contributed by atoms with van der Waals surface area (Å²) >= 11 is 0. The predicted molar refractivity (Wildman–Crippen MR) is 82.6 cm³/mol. The van der Waals surface area contributed by atoms with Crippen LogP contribution in [0.3, 0.4) is 0 Å². The summed E-state index contributed by atoms with van der Waals surface area (Å²) in [4.78, 5) is 12.0. The van der Waals surface area contributed by atoms with E-state index in [1.807, 2.05) is 48.6 Å². The molecule has 0 N–H and O–H groups in total. The maximum atomic E-state index is 12.0. The first-order chi connectivity index (χ1) is 9.74. The molecule has 2 nitrogen and oxygen atoms in total. The molecule has 0 amide bonds. The Balaban J connectivity index is 2.04. The molecule has 0 aliphatic rings. The molecule has 2 aromatic carbocycles. The van der Waals surface area contributed by atoms with E-state index in [0.29, 0.717) is 16.7 Å². The van der Waals surface area contributed by atoms with Crippen LogP contribution in [-0.2, 0) is 0 Å². The molecule has 0 unspecified atom stereocenters. The number of hydrogen-bond acceptors (Lipinski definition) is 2. The van der Waals surface area contributed by atoms with E-state index in [1.54, 1.807) is 6.07 Å². The highest BCUT2D eigenvalue weighted by atomic mass is 16.3. The van der Waals surface area contributed by atoms with Crippen molar-refractivity contribution in [1.29, 1.82) is 0 Å². The molecule has 0 saturated carbocycles. The Morgan fingerprint density at radius 3 is 2.55 bits per heavy atom. The van der Waals surface area contributed by atoms with Crippen LogP contribution >= 0.6 is 0 Å². The van der Waals surface area contributed by atoms with E-state index in [4.69, 9.17) is 4.42 Å². The third-order valence-electron chi connectivity index (χ3n) is 3.27. The highest BCUT2D eigenvalue weighted by Gasteiger charge is 2.01. The van der Waals surface area contributed by atoms with Crippen LogP contribution < -0.4 is 5.43 Å². The van der Waals surface area contributed by atoms with Crippen molar-refractivity contribution < 1.29 is 4.42 Å². The van der Waals surface area contributed by atoms with Gasteiger partial charge in [0.1, 0.15) is 11.3 Å². The zero-order valence-corrected chi connectivity index (χ0v) is 11.2. The van der Waals surface area contributed by atoms with Crippen molar-refractivity contribution in [1.82, 2.24) is 0 Å². The molecule has 3 rings (SSSR count). The maximum absolute atomic E-state index is 12.0. The number of benzene rings is 2. The van der Waals surface area contributed by atoms with Gasteiger partial charge in [0, 0.05) is 6.07 Å². The van der Waals surface area contributed by atoms with Crippen molar-refractivity contribution in [2.75, 3.05) is 0 Å². The van der Waals surface area contributed by atoms with E-state index >= 15 is 0 Å². The van der Waals surface area contributed by atoms with Gasteiger partial charge in [0.2, 0.25) is 0 Å². The molecule has 0 spiro atoms. The summed E-state index contributed by atoms with van der Waals surface area (Å²) in [7, 11) is 0. The van der Waals surface area contributed by atoms with Crippen LogP contribution in [0.1, 0.15) is 16.9 Å². The fourth-order valence-electron chi connectivity index (χ4n) is 2.15. The Bertz CT molecular complexity index is 841. The van der Waals surface area contributed by atoms with E-state index in [2.05, 4.69) is 13.0 Å². The number of hydrogen-bond donors (Lipinski definition) is 0. The van der Waals surface area contributed by atoms with Crippen molar-refractivity contribution in [2.24, 2.45) is 0 Å². The van der Waals surface area contributed by atoms with Gasteiger partial charge in [0.15, 0.2) is 5.43 Å². The second-order valence-corrected chi connectivity index (χ2v) is 4.70. The van der Waals surface area contributed by atoms with Crippen LogP contribution in [0.4, 0.5) is 0 Å². The fourth-order valence-corrected chi connectivity index (χ4v) is 2.15. The number of rotatable bonds is 2. The highest BCUT2D eigenvalue weighted by molar-refractivity contribution is 5.78. The first kappa shape index (κ1) is 12.4. The normalized spacial score (nSPS) is 11.2. The predicted octanol–water partition coefficient (Wildman–Crippen LogP) is 4.27. The third-order valence-corrected chi connectivity index (χ3v) is 3.27. The average Bonchev–Trinajstić information content (AvgIpc) is 2.46. The topological polar surface area (TPSA) is 30.2 Å². The number of fused-ring (bicyclic) bond motifs is 1. The minimum atomic E-state index is -0.0173. The van der Waals surface area contributed by atoms with Crippen molar-refractivity contribution in [3.05, 3.63) is 81.7 Å². The summed E-state index contributed by atoms with van der Waals surface area (Å²) in [5, 5.41) is 0.612. The quantitative estimate of drug-likeness (QED) is 0.690. The number of para-hydroxylation sites is 1. The monoisotopic (exact) mass is 262 g/mol. The van der Waals surface area contributed by atoms with Gasteiger partial charge in [-0.1, -0.05) is 42.5 Å². The molecule has 0 fully saturated rings. The van der Waals surface area contributed by atoms with Gasteiger partial charge in [-0.15, -0.1) is 0 Å². The third kappa shape index (κ3) is 2.41. The molecule has 1 aromatic heterocycles. The average molecular weight is 262 g/mol. The van der Waals surface area contributed by atoms with Gasteiger partial charge in [-0.05, 0) is 36.3 Å². The second-order valence-electron chi connectivity index (χ2n) is 4.70. The van der Waals surface area contributed by atoms with Crippen LogP contribution in [0.25, 0.3) is 23.1 Å². The molecule has 20 heavy (non-hydrogen) atoms. The zero-order chi connectivity index (χ0) is 13.9. The molecule has 0 radical (unpaired) electrons. The second kappa shape index (κ2) is 5.17. The molecular weight excluding hydrogens is 248 g/mol. The van der Waals surface area contributed by atoms with Crippen LogP contribution in [0, 0.1) is 6.92 Å². The largest absolute Gasteiger partial charge is 0.456 e. The van der Waals surface area contributed by atoms with Crippen LogP contribution in [0.15, 0.2) is 63.8 Å². The lowest BCUT2D eigenvalue weighted by Crippen LogP contribution is -1.99. The molecule has 0 aliphatic carbocycles. The van der Waals surface area contributed by atoms with Crippen molar-refractivity contribution in [2.45, 2.75) is 6.92 Å². The summed E-state index contributed by atoms with van der Waals surface area (Å²) in [6, 6.07) is 16.9. The van der Waals surface area contributed by atoms with Crippen molar-refractivity contribution >= 4 is 23.1 Å². The van der Waals surface area contributed by atoms with Crippen LogP contribution in [0.5, 0.6) is 0 Å². The summed E-state index contributed by atoms with van der Waals surface area (Å²) < 4.78 is 5.72. The summed E-state index contributed by atoms with van der Waals surface area (Å²) in [5.41, 5.74) is 2.90. The molecular formula is C18H14O2. The van der Waals surface area contributed by atoms with Crippen LogP contribution in [0.2, 0.25) is 0 Å². The van der Waals surface area contributed by atoms with Gasteiger partial charge in [0.05, 0.1) is 5.39 Å². The molecule has 2 heteroatoms. The first-order valence-corrected chi connectivity index (χ1v) is 6.51. The molecule has 0 bridgehead atoms. The molecule has 0 aliphatic heterocycles. The molecule has 98 valence electrons. The number of aryl methyl sites for hydroxylation is 1. The van der Waals surface area contributed by atoms with Crippen molar-refractivity contribution in [3.63, 3.8) is 0 Å². The minimum absolute atomic E-state index is 0.0173. The van der Waals surface area contributed by atoms with E-state index < -0.39 is 0 Å². The van der Waals surface area contributed by atoms with Crippen LogP contribution in [-0.4, -0.2) is 0 Å². The van der Waals surface area contributed by atoms with Gasteiger partial charge >= 0.3 is 0 Å². The lowest BCUT2D eigenvalue weighted by Gasteiger charge is -2.00. The van der Waals surface area contributed by atoms with E-state index in [0.717, 1.165) is 5.56 Å². The van der Waals surface area contributed by atoms with E-state index in [9.17, 15) is 4.79 Å². The summed E-state index contributed by atoms with van der Waals surface area (Å²) in [6.45, 7) is 2.05. The van der Waals surface area contributed by atoms with Gasteiger partial charge in [-0.25, -0.2) is 0 Å². The lowest BCUT2D eigenvalue weighted by atomic mass is 10.1. The SMILES string of the molecule is Cc1ccccc1/C=C/c1cc(=O)c2ccccc2o1. The van der Waals surface area contributed by atoms with Gasteiger partial charge in [-0.2, -0.15) is 0 Å². The zero-order valence-electron chi connectivity index (χ0n) is 11.2. The Kier molecular flexibility index (Phi) is 3.21. The maximum Gasteiger partial charge on any atom is 0.193 e. The highest BCUT2D eigenvalue weighted by Crippen LogP contribution is 2.15. The van der Waals surface area contributed by atoms with Gasteiger partial charge < -0.3 is 4.42 Å². The standard InChI is InChI=1S/C18H14O2/c1-13-6-2-3-7-14(13)10-11-15-12-17(19)16-8-4-5-9-18(16)20-15/h2-12H,1H3/b11-10+. The Morgan fingerprint density at radius 1 is 0.950 bits per heavy atom. The van der Waals surface area contributed by atoms with Crippen molar-refractivity contribution in [3.8, 4) is 0 Å². The van der Waals surface area contributed by atoms with E-state index in [-0.39, 0.29) is 5.43 Å². The summed E-state index contributed by atoms with van der Waals surface area (Å²) in [5.74, 6) is 0.567. The molecule has 1 heterocycles. The minimum Gasteiger partial charge on any atom is -0.456 e. The molecule has 3 aromatic rings. The molecule has 0 saturated heterocycles. The Hall–Kier alpha value is -2.61. The van der Waals surface area contributed by atoms with Gasteiger partial charge in [-0.3, -0.25) is 4.79 Å². The fraction of sp³-hybridized carbons (Fsp3) is 0.0556. The van der Waals surface area contributed by atoms with E-state index in [1.165, 1.54) is 11.6 Å². The Morgan fingerprint density at radius 2 is 1.70 bits per heavy atom. The molecule has 0 atom stereocenters. The van der Waals surface area contributed by atoms with Gasteiger partial charge in [0.25, 0.3) is 0 Å². The summed E-state index contributed by atoms with van der Waals surface area (Å²) in [6.07, 6.45) is 3.79. The first-order valence-electron chi connectivity index (χ1n) is 6.51. The Labute approximate surface area is 117 Å². The lowest BCUT2D eigenvalue weighted by molar-refractivity contribution is 0.591. The smallest absolute Gasteiger partial charge is 0.193 e.